The first-order valence-corrected chi connectivity index (χ1v) is 7.79. The maximum Gasteiger partial charge on any atom is 0.142 e. The minimum absolute atomic E-state index is 0.318. The zero-order valence-corrected chi connectivity index (χ0v) is 13.2. The summed E-state index contributed by atoms with van der Waals surface area (Å²) in [5, 5.41) is 3.65. The molecule has 0 aliphatic carbocycles. The fourth-order valence-corrected chi connectivity index (χ4v) is 2.51. The lowest BCUT2D eigenvalue weighted by Crippen LogP contribution is -2.11. The van der Waals surface area contributed by atoms with E-state index in [1.807, 2.05) is 6.92 Å². The Morgan fingerprint density at radius 3 is 2.48 bits per heavy atom. The molecular formula is C19H25NO. The van der Waals surface area contributed by atoms with Crippen LogP contribution in [0.4, 0.5) is 5.69 Å². The smallest absolute Gasteiger partial charge is 0.142 e. The number of aryl methyl sites for hydroxylation is 1. The summed E-state index contributed by atoms with van der Waals surface area (Å²) in [6.07, 6.45) is 2.24. The Bertz CT molecular complexity index is 551. The van der Waals surface area contributed by atoms with Gasteiger partial charge in [-0.2, -0.15) is 0 Å². The summed E-state index contributed by atoms with van der Waals surface area (Å²) in [6.45, 7) is 7.01. The largest absolute Gasteiger partial charge is 0.492 e. The Balaban J connectivity index is 2.24. The summed E-state index contributed by atoms with van der Waals surface area (Å²) >= 11 is 0. The van der Waals surface area contributed by atoms with Crippen LogP contribution in [0, 0.1) is 6.92 Å². The molecule has 0 heterocycles. The molecule has 2 nitrogen and oxygen atoms in total. The second-order valence-electron chi connectivity index (χ2n) is 5.33. The van der Waals surface area contributed by atoms with E-state index in [4.69, 9.17) is 4.74 Å². The SMILES string of the molecule is CCCC(Nc1ccc(C)cc1OCC)c1ccccc1. The number of ether oxygens (including phenoxy) is 1. The van der Waals surface area contributed by atoms with Crippen LogP contribution >= 0.6 is 0 Å². The molecule has 0 bridgehead atoms. The fraction of sp³-hybridized carbons (Fsp3) is 0.368. The van der Waals surface area contributed by atoms with Gasteiger partial charge >= 0.3 is 0 Å². The first-order chi connectivity index (χ1) is 10.2. The van der Waals surface area contributed by atoms with Crippen molar-refractivity contribution < 1.29 is 4.74 Å². The second-order valence-corrected chi connectivity index (χ2v) is 5.33. The first-order valence-electron chi connectivity index (χ1n) is 7.79. The summed E-state index contributed by atoms with van der Waals surface area (Å²) in [5.41, 5.74) is 3.61. The lowest BCUT2D eigenvalue weighted by molar-refractivity contribution is 0.341. The monoisotopic (exact) mass is 283 g/mol. The molecule has 0 aliphatic rings. The molecule has 0 spiro atoms. The maximum atomic E-state index is 5.77. The van der Waals surface area contributed by atoms with E-state index in [9.17, 15) is 0 Å². The van der Waals surface area contributed by atoms with Gasteiger partial charge in [0.25, 0.3) is 0 Å². The Hall–Kier alpha value is -1.96. The highest BCUT2D eigenvalue weighted by molar-refractivity contribution is 5.58. The zero-order chi connectivity index (χ0) is 15.1. The van der Waals surface area contributed by atoms with Gasteiger partial charge in [0.2, 0.25) is 0 Å². The van der Waals surface area contributed by atoms with Crippen LogP contribution in [0.25, 0.3) is 0 Å². The van der Waals surface area contributed by atoms with E-state index in [0.717, 1.165) is 24.3 Å². The minimum atomic E-state index is 0.318. The normalized spacial score (nSPS) is 12.0. The van der Waals surface area contributed by atoms with E-state index in [0.29, 0.717) is 12.6 Å². The van der Waals surface area contributed by atoms with Crippen molar-refractivity contribution >= 4 is 5.69 Å². The predicted molar refractivity (Wildman–Crippen MR) is 90.1 cm³/mol. The lowest BCUT2D eigenvalue weighted by atomic mass is 10.0. The van der Waals surface area contributed by atoms with E-state index in [1.165, 1.54) is 11.1 Å². The molecule has 1 N–H and O–H groups in total. The maximum absolute atomic E-state index is 5.77. The molecule has 2 aromatic carbocycles. The van der Waals surface area contributed by atoms with Gasteiger partial charge in [0.15, 0.2) is 0 Å². The summed E-state index contributed by atoms with van der Waals surface area (Å²) in [5.74, 6) is 0.939. The summed E-state index contributed by atoms with van der Waals surface area (Å²) in [7, 11) is 0. The van der Waals surface area contributed by atoms with Crippen LogP contribution in [0.1, 0.15) is 43.9 Å². The molecule has 2 heteroatoms. The number of rotatable bonds is 7. The molecule has 0 radical (unpaired) electrons. The lowest BCUT2D eigenvalue weighted by Gasteiger charge is -2.22. The molecule has 0 saturated carbocycles. The van der Waals surface area contributed by atoms with Crippen molar-refractivity contribution in [1.82, 2.24) is 0 Å². The molecule has 1 unspecified atom stereocenters. The highest BCUT2D eigenvalue weighted by Gasteiger charge is 2.13. The van der Waals surface area contributed by atoms with Crippen LogP contribution in [0.2, 0.25) is 0 Å². The summed E-state index contributed by atoms with van der Waals surface area (Å²) < 4.78 is 5.77. The number of hydrogen-bond acceptors (Lipinski definition) is 2. The van der Waals surface area contributed by atoms with Gasteiger partial charge in [0, 0.05) is 0 Å². The predicted octanol–water partition coefficient (Wildman–Crippen LogP) is 5.35. The van der Waals surface area contributed by atoms with E-state index < -0.39 is 0 Å². The quantitative estimate of drug-likeness (QED) is 0.740. The van der Waals surface area contributed by atoms with E-state index in [1.54, 1.807) is 0 Å². The molecule has 1 atom stereocenters. The molecular weight excluding hydrogens is 258 g/mol. The van der Waals surface area contributed by atoms with Crippen molar-refractivity contribution in [2.24, 2.45) is 0 Å². The molecule has 0 aliphatic heterocycles. The second kappa shape index (κ2) is 7.72. The number of benzene rings is 2. The molecule has 2 aromatic rings. The van der Waals surface area contributed by atoms with Crippen molar-refractivity contribution in [2.75, 3.05) is 11.9 Å². The fourth-order valence-electron chi connectivity index (χ4n) is 2.51. The highest BCUT2D eigenvalue weighted by Crippen LogP contribution is 2.31. The van der Waals surface area contributed by atoms with E-state index in [-0.39, 0.29) is 0 Å². The van der Waals surface area contributed by atoms with E-state index >= 15 is 0 Å². The molecule has 0 aromatic heterocycles. The first kappa shape index (κ1) is 15.4. The van der Waals surface area contributed by atoms with Gasteiger partial charge in [-0.15, -0.1) is 0 Å². The van der Waals surface area contributed by atoms with Crippen molar-refractivity contribution in [3.63, 3.8) is 0 Å². The average Bonchev–Trinajstić information content (AvgIpc) is 2.50. The third kappa shape index (κ3) is 4.25. The third-order valence-corrected chi connectivity index (χ3v) is 3.55. The van der Waals surface area contributed by atoms with Crippen molar-refractivity contribution in [1.29, 1.82) is 0 Å². The topological polar surface area (TPSA) is 21.3 Å². The Morgan fingerprint density at radius 2 is 1.81 bits per heavy atom. The summed E-state index contributed by atoms with van der Waals surface area (Å²) in [6, 6.07) is 17.3. The van der Waals surface area contributed by atoms with Crippen molar-refractivity contribution in [3.05, 3.63) is 59.7 Å². The van der Waals surface area contributed by atoms with Gasteiger partial charge in [-0.1, -0.05) is 49.7 Å². The van der Waals surface area contributed by atoms with Gasteiger partial charge in [0.05, 0.1) is 18.3 Å². The minimum Gasteiger partial charge on any atom is -0.492 e. The van der Waals surface area contributed by atoms with Crippen LogP contribution < -0.4 is 10.1 Å². The number of nitrogens with one attached hydrogen (secondary N) is 1. The molecule has 2 rings (SSSR count). The van der Waals surface area contributed by atoms with Gasteiger partial charge < -0.3 is 10.1 Å². The molecule has 112 valence electrons. The van der Waals surface area contributed by atoms with Crippen LogP contribution in [-0.2, 0) is 0 Å². The van der Waals surface area contributed by atoms with Crippen LogP contribution in [0.5, 0.6) is 5.75 Å². The van der Waals surface area contributed by atoms with Crippen molar-refractivity contribution in [2.45, 2.75) is 39.7 Å². The van der Waals surface area contributed by atoms with Crippen LogP contribution in [0.15, 0.2) is 48.5 Å². The highest BCUT2D eigenvalue weighted by atomic mass is 16.5. The zero-order valence-electron chi connectivity index (χ0n) is 13.2. The average molecular weight is 283 g/mol. The van der Waals surface area contributed by atoms with Gasteiger partial charge in [-0.05, 0) is 43.5 Å². The number of anilines is 1. The Labute approximate surface area is 128 Å². The van der Waals surface area contributed by atoms with Crippen LogP contribution in [-0.4, -0.2) is 6.61 Å². The molecule has 0 saturated heterocycles. The molecule has 0 fully saturated rings. The molecule has 21 heavy (non-hydrogen) atoms. The summed E-state index contributed by atoms with van der Waals surface area (Å²) in [4.78, 5) is 0. The van der Waals surface area contributed by atoms with E-state index in [2.05, 4.69) is 67.7 Å². The Morgan fingerprint density at radius 1 is 1.05 bits per heavy atom. The van der Waals surface area contributed by atoms with Crippen molar-refractivity contribution in [3.8, 4) is 5.75 Å². The van der Waals surface area contributed by atoms with Gasteiger partial charge in [-0.25, -0.2) is 0 Å². The van der Waals surface area contributed by atoms with Gasteiger partial charge in [-0.3, -0.25) is 0 Å². The number of hydrogen-bond donors (Lipinski definition) is 1. The van der Waals surface area contributed by atoms with Crippen LogP contribution in [0.3, 0.4) is 0 Å². The third-order valence-electron chi connectivity index (χ3n) is 3.55. The Kier molecular flexibility index (Phi) is 5.68. The molecule has 0 amide bonds. The standard InChI is InChI=1S/C19H25NO/c1-4-9-17(16-10-7-6-8-11-16)20-18-13-12-15(3)14-19(18)21-5-2/h6-8,10-14,17,20H,4-5,9H2,1-3H3. The van der Waals surface area contributed by atoms with Gasteiger partial charge in [0.1, 0.15) is 5.75 Å².